The van der Waals surface area contributed by atoms with Gasteiger partial charge in [0, 0.05) is 5.56 Å². The quantitative estimate of drug-likeness (QED) is 0.747. The van der Waals surface area contributed by atoms with Crippen molar-refractivity contribution in [3.05, 3.63) is 29.1 Å². The molecule has 1 aliphatic rings. The summed E-state index contributed by atoms with van der Waals surface area (Å²) in [6, 6.07) is 2.13. The third kappa shape index (κ3) is 1.90. The lowest BCUT2D eigenvalue weighted by atomic mass is 10.0. The zero-order chi connectivity index (χ0) is 11.9. The van der Waals surface area contributed by atoms with Gasteiger partial charge in [-0.2, -0.15) is 13.2 Å². The Balaban J connectivity index is 2.48. The molecular weight excluding hydrogens is 223 g/mol. The number of hydrogen-bond donors (Lipinski definition) is 1. The highest BCUT2D eigenvalue weighted by molar-refractivity contribution is 5.29. The molecular formula is C10H10F3NO2. The molecule has 0 fully saturated rings. The average Bonchev–Trinajstić information content (AvgIpc) is 2.22. The molecule has 0 saturated heterocycles. The molecule has 2 atom stereocenters. The van der Waals surface area contributed by atoms with Gasteiger partial charge in [-0.3, -0.25) is 0 Å². The highest BCUT2D eigenvalue weighted by Gasteiger charge is 2.35. The molecule has 2 unspecified atom stereocenters. The third-order valence-electron chi connectivity index (χ3n) is 2.50. The Hall–Kier alpha value is -1.14. The van der Waals surface area contributed by atoms with Gasteiger partial charge in [-0.05, 0) is 13.0 Å². The molecule has 1 N–H and O–H groups in total. The third-order valence-corrected chi connectivity index (χ3v) is 2.50. The molecule has 0 radical (unpaired) electrons. The summed E-state index contributed by atoms with van der Waals surface area (Å²) in [4.78, 5) is 3.51. The molecule has 88 valence electrons. The van der Waals surface area contributed by atoms with E-state index >= 15 is 0 Å². The van der Waals surface area contributed by atoms with E-state index in [9.17, 15) is 18.3 Å². The van der Waals surface area contributed by atoms with Crippen LogP contribution in [0.4, 0.5) is 13.2 Å². The number of rotatable bonds is 0. The lowest BCUT2D eigenvalue weighted by molar-refractivity contribution is -0.141. The monoisotopic (exact) mass is 233 g/mol. The predicted octanol–water partition coefficient (Wildman–Crippen LogP) is 2.23. The van der Waals surface area contributed by atoms with Crippen molar-refractivity contribution in [2.45, 2.75) is 25.3 Å². The van der Waals surface area contributed by atoms with Gasteiger partial charge in [0.25, 0.3) is 0 Å². The van der Waals surface area contributed by atoms with Crippen LogP contribution in [0, 0.1) is 0 Å². The van der Waals surface area contributed by atoms with Crippen molar-refractivity contribution in [3.63, 3.8) is 0 Å². The van der Waals surface area contributed by atoms with Gasteiger partial charge in [0.1, 0.15) is 11.8 Å². The number of halogens is 3. The van der Waals surface area contributed by atoms with Crippen molar-refractivity contribution in [1.82, 2.24) is 4.98 Å². The van der Waals surface area contributed by atoms with Crippen molar-refractivity contribution in [2.75, 3.05) is 6.61 Å². The van der Waals surface area contributed by atoms with Gasteiger partial charge < -0.3 is 9.84 Å². The van der Waals surface area contributed by atoms with Crippen molar-refractivity contribution < 1.29 is 23.0 Å². The van der Waals surface area contributed by atoms with Crippen LogP contribution >= 0.6 is 0 Å². The van der Waals surface area contributed by atoms with E-state index in [1.807, 2.05) is 0 Å². The molecule has 1 aliphatic heterocycles. The molecule has 2 heterocycles. The highest BCUT2D eigenvalue weighted by atomic mass is 19.4. The SMILES string of the molecule is CC1OCC(O)c2ccc(C(F)(F)F)nc21. The van der Waals surface area contributed by atoms with E-state index in [2.05, 4.69) is 4.98 Å². The van der Waals surface area contributed by atoms with E-state index in [-0.39, 0.29) is 12.3 Å². The van der Waals surface area contributed by atoms with Gasteiger partial charge in [-0.15, -0.1) is 0 Å². The number of aromatic nitrogens is 1. The number of aliphatic hydroxyl groups is 1. The Morgan fingerprint density at radius 2 is 2.12 bits per heavy atom. The molecule has 0 aliphatic carbocycles. The lowest BCUT2D eigenvalue weighted by Gasteiger charge is -2.26. The minimum absolute atomic E-state index is 0.0845. The Kier molecular flexibility index (Phi) is 2.63. The summed E-state index contributed by atoms with van der Waals surface area (Å²) < 4.78 is 42.4. The van der Waals surface area contributed by atoms with Crippen molar-refractivity contribution in [1.29, 1.82) is 0 Å². The molecule has 0 spiro atoms. The number of aliphatic hydroxyl groups excluding tert-OH is 1. The first-order chi connectivity index (χ1) is 7.39. The molecule has 6 heteroatoms. The summed E-state index contributed by atoms with van der Waals surface area (Å²) >= 11 is 0. The van der Waals surface area contributed by atoms with E-state index in [4.69, 9.17) is 4.74 Å². The highest BCUT2D eigenvalue weighted by Crippen LogP contribution is 2.34. The van der Waals surface area contributed by atoms with Crippen LogP contribution in [-0.2, 0) is 10.9 Å². The second-order valence-corrected chi connectivity index (χ2v) is 3.66. The van der Waals surface area contributed by atoms with Crippen LogP contribution in [0.3, 0.4) is 0 Å². The maximum atomic E-state index is 12.4. The fraction of sp³-hybridized carbons (Fsp3) is 0.500. The number of fused-ring (bicyclic) bond motifs is 1. The van der Waals surface area contributed by atoms with Gasteiger partial charge in [0.15, 0.2) is 0 Å². The Bertz CT molecular complexity index is 406. The van der Waals surface area contributed by atoms with Crippen molar-refractivity contribution in [2.24, 2.45) is 0 Å². The standard InChI is InChI=1S/C10H10F3NO2/c1-5-9-6(7(15)4-16-5)2-3-8(14-9)10(11,12)13/h2-3,5,7,15H,4H2,1H3. The molecule has 1 aromatic heterocycles. The summed E-state index contributed by atoms with van der Waals surface area (Å²) in [5.74, 6) is 0. The second kappa shape index (κ2) is 3.71. The second-order valence-electron chi connectivity index (χ2n) is 3.66. The summed E-state index contributed by atoms with van der Waals surface area (Å²) in [5.41, 5.74) is -0.392. The first-order valence-corrected chi connectivity index (χ1v) is 4.77. The molecule has 1 aromatic rings. The number of ether oxygens (including phenoxy) is 1. The van der Waals surface area contributed by atoms with Gasteiger partial charge in [0.05, 0.1) is 18.4 Å². The molecule has 0 amide bonds. The minimum Gasteiger partial charge on any atom is -0.386 e. The van der Waals surface area contributed by atoms with E-state index in [1.54, 1.807) is 6.92 Å². The van der Waals surface area contributed by atoms with E-state index < -0.39 is 24.1 Å². The fourth-order valence-corrected chi connectivity index (χ4v) is 1.66. The van der Waals surface area contributed by atoms with Crippen LogP contribution in [0.25, 0.3) is 0 Å². The van der Waals surface area contributed by atoms with Crippen LogP contribution < -0.4 is 0 Å². The Morgan fingerprint density at radius 1 is 1.44 bits per heavy atom. The molecule has 3 nitrogen and oxygen atoms in total. The number of alkyl halides is 3. The minimum atomic E-state index is -4.48. The number of pyridine rings is 1. The molecule has 2 rings (SSSR count). The van der Waals surface area contributed by atoms with Gasteiger partial charge in [-0.25, -0.2) is 4.98 Å². The molecule has 0 bridgehead atoms. The summed E-state index contributed by atoms with van der Waals surface area (Å²) in [6.07, 6.45) is -5.90. The zero-order valence-corrected chi connectivity index (χ0v) is 8.45. The Morgan fingerprint density at radius 3 is 2.75 bits per heavy atom. The largest absolute Gasteiger partial charge is 0.433 e. The Labute approximate surface area is 89.9 Å². The average molecular weight is 233 g/mol. The van der Waals surface area contributed by atoms with Gasteiger partial charge in [-0.1, -0.05) is 6.07 Å². The molecule has 16 heavy (non-hydrogen) atoms. The van der Waals surface area contributed by atoms with E-state index in [0.717, 1.165) is 6.07 Å². The summed E-state index contributed by atoms with van der Waals surface area (Å²) in [5, 5.41) is 9.53. The first kappa shape index (κ1) is 11.3. The van der Waals surface area contributed by atoms with Crippen molar-refractivity contribution in [3.8, 4) is 0 Å². The predicted molar refractivity (Wildman–Crippen MR) is 48.6 cm³/mol. The molecule has 0 saturated carbocycles. The van der Waals surface area contributed by atoms with Crippen LogP contribution in [-0.4, -0.2) is 16.7 Å². The van der Waals surface area contributed by atoms with E-state index in [0.29, 0.717) is 5.56 Å². The maximum Gasteiger partial charge on any atom is 0.433 e. The van der Waals surface area contributed by atoms with E-state index in [1.165, 1.54) is 6.07 Å². The first-order valence-electron chi connectivity index (χ1n) is 4.77. The number of nitrogens with zero attached hydrogens (tertiary/aromatic N) is 1. The number of hydrogen-bond acceptors (Lipinski definition) is 3. The normalized spacial score (nSPS) is 25.3. The van der Waals surface area contributed by atoms with Gasteiger partial charge >= 0.3 is 6.18 Å². The van der Waals surface area contributed by atoms with Crippen LogP contribution in [0.5, 0.6) is 0 Å². The van der Waals surface area contributed by atoms with Gasteiger partial charge in [0.2, 0.25) is 0 Å². The van der Waals surface area contributed by atoms with Crippen molar-refractivity contribution >= 4 is 0 Å². The maximum absolute atomic E-state index is 12.4. The smallest absolute Gasteiger partial charge is 0.386 e. The van der Waals surface area contributed by atoms with Crippen LogP contribution in [0.15, 0.2) is 12.1 Å². The summed E-state index contributed by atoms with van der Waals surface area (Å²) in [7, 11) is 0. The summed E-state index contributed by atoms with van der Waals surface area (Å²) in [6.45, 7) is 1.69. The topological polar surface area (TPSA) is 42.4 Å². The van der Waals surface area contributed by atoms with Crippen LogP contribution in [0.1, 0.15) is 36.1 Å². The lowest BCUT2D eigenvalue weighted by Crippen LogP contribution is -2.22. The zero-order valence-electron chi connectivity index (χ0n) is 8.45. The molecule has 0 aromatic carbocycles. The fourth-order valence-electron chi connectivity index (χ4n) is 1.66. The van der Waals surface area contributed by atoms with Crippen LogP contribution in [0.2, 0.25) is 0 Å².